The minimum Gasteiger partial charge on any atom is -0.469 e. The van der Waals surface area contributed by atoms with Crippen molar-refractivity contribution < 1.29 is 14.3 Å². The van der Waals surface area contributed by atoms with E-state index in [0.717, 1.165) is 10.0 Å². The summed E-state index contributed by atoms with van der Waals surface area (Å²) in [4.78, 5) is 25.9. The van der Waals surface area contributed by atoms with E-state index in [1.807, 2.05) is 32.0 Å². The number of carbonyl (C=O) groups excluding carboxylic acids is 2. The number of methoxy groups -OCH3 is 1. The van der Waals surface area contributed by atoms with Crippen LogP contribution in [0.15, 0.2) is 22.7 Å². The molecule has 1 amide bonds. The highest BCUT2D eigenvalue weighted by Gasteiger charge is 2.37. The van der Waals surface area contributed by atoms with Crippen LogP contribution in [0.5, 0.6) is 0 Å². The van der Waals surface area contributed by atoms with Gasteiger partial charge in [0.1, 0.15) is 0 Å². The number of nitrogens with zero attached hydrogens (tertiary/aromatic N) is 1. The molecule has 0 saturated carbocycles. The van der Waals surface area contributed by atoms with Crippen molar-refractivity contribution >= 4 is 27.8 Å². The lowest BCUT2D eigenvalue weighted by molar-refractivity contribution is -0.146. The molecule has 0 spiro atoms. The van der Waals surface area contributed by atoms with Crippen LogP contribution in [-0.2, 0) is 9.53 Å². The Morgan fingerprint density at radius 2 is 2.05 bits per heavy atom. The summed E-state index contributed by atoms with van der Waals surface area (Å²) in [5.41, 5.74) is 1.73. The minimum absolute atomic E-state index is 0.0380. The van der Waals surface area contributed by atoms with Crippen molar-refractivity contribution in [3.63, 3.8) is 0 Å². The summed E-state index contributed by atoms with van der Waals surface area (Å²) >= 11 is 3.44. The quantitative estimate of drug-likeness (QED) is 0.778. The smallest absolute Gasteiger partial charge is 0.310 e. The summed E-state index contributed by atoms with van der Waals surface area (Å²) in [7, 11) is 1.39. The van der Waals surface area contributed by atoms with Crippen molar-refractivity contribution in [1.29, 1.82) is 0 Å². The first-order chi connectivity index (χ1) is 9.43. The van der Waals surface area contributed by atoms with Crippen LogP contribution in [0.3, 0.4) is 0 Å². The fraction of sp³-hybridized carbons (Fsp3) is 0.467. The normalized spacial score (nSPS) is 21.9. The van der Waals surface area contributed by atoms with E-state index in [-0.39, 0.29) is 23.7 Å². The SMILES string of the molecule is COC(=O)C1CN(C(=O)c2ccc(C)c(Br)c2)CC1C. The molecule has 1 heterocycles. The number of carbonyl (C=O) groups is 2. The largest absolute Gasteiger partial charge is 0.469 e. The van der Waals surface area contributed by atoms with E-state index < -0.39 is 0 Å². The first kappa shape index (κ1) is 15.0. The van der Waals surface area contributed by atoms with Crippen molar-refractivity contribution in [2.75, 3.05) is 20.2 Å². The molecule has 1 aliphatic heterocycles. The number of rotatable bonds is 2. The number of benzene rings is 1. The van der Waals surface area contributed by atoms with Crippen LogP contribution in [0.2, 0.25) is 0 Å². The predicted octanol–water partition coefficient (Wildman–Crippen LogP) is 2.64. The zero-order chi connectivity index (χ0) is 14.9. The summed E-state index contributed by atoms with van der Waals surface area (Å²) < 4.78 is 5.71. The number of amides is 1. The van der Waals surface area contributed by atoms with Crippen LogP contribution in [0.4, 0.5) is 0 Å². The van der Waals surface area contributed by atoms with Gasteiger partial charge in [-0.05, 0) is 30.5 Å². The van der Waals surface area contributed by atoms with Gasteiger partial charge >= 0.3 is 5.97 Å². The molecule has 108 valence electrons. The van der Waals surface area contributed by atoms with E-state index in [2.05, 4.69) is 15.9 Å². The first-order valence-electron chi connectivity index (χ1n) is 6.57. The topological polar surface area (TPSA) is 46.6 Å². The van der Waals surface area contributed by atoms with E-state index in [0.29, 0.717) is 18.7 Å². The van der Waals surface area contributed by atoms with Crippen molar-refractivity contribution in [3.05, 3.63) is 33.8 Å². The fourth-order valence-electron chi connectivity index (χ4n) is 2.50. The standard InChI is InChI=1S/C15H18BrNO3/c1-9-4-5-11(6-13(9)16)14(18)17-7-10(2)12(8-17)15(19)20-3/h4-6,10,12H,7-8H2,1-3H3. The maximum absolute atomic E-state index is 12.5. The van der Waals surface area contributed by atoms with Crippen LogP contribution < -0.4 is 0 Å². The average Bonchev–Trinajstić information content (AvgIpc) is 2.82. The van der Waals surface area contributed by atoms with Crippen molar-refractivity contribution in [2.24, 2.45) is 11.8 Å². The third-order valence-corrected chi connectivity index (χ3v) is 4.68. The molecular weight excluding hydrogens is 322 g/mol. The van der Waals surface area contributed by atoms with E-state index in [1.54, 1.807) is 4.90 Å². The molecule has 2 unspecified atom stereocenters. The van der Waals surface area contributed by atoms with Gasteiger partial charge in [0.15, 0.2) is 0 Å². The van der Waals surface area contributed by atoms with Gasteiger partial charge in [-0.2, -0.15) is 0 Å². The maximum atomic E-state index is 12.5. The molecule has 1 aromatic rings. The molecule has 0 aromatic heterocycles. The second-order valence-electron chi connectivity index (χ2n) is 5.28. The lowest BCUT2D eigenvalue weighted by Gasteiger charge is -2.16. The third kappa shape index (κ3) is 2.87. The summed E-state index contributed by atoms with van der Waals surface area (Å²) in [5.74, 6) is -0.375. The zero-order valence-electron chi connectivity index (χ0n) is 11.9. The molecule has 4 nitrogen and oxygen atoms in total. The molecule has 0 bridgehead atoms. The van der Waals surface area contributed by atoms with Crippen LogP contribution in [0.25, 0.3) is 0 Å². The molecule has 1 aromatic carbocycles. The molecule has 2 rings (SSSR count). The second-order valence-corrected chi connectivity index (χ2v) is 6.14. The highest BCUT2D eigenvalue weighted by Crippen LogP contribution is 2.26. The number of esters is 1. The zero-order valence-corrected chi connectivity index (χ0v) is 13.4. The number of hydrogen-bond acceptors (Lipinski definition) is 3. The van der Waals surface area contributed by atoms with Crippen molar-refractivity contribution in [3.8, 4) is 0 Å². The number of hydrogen-bond donors (Lipinski definition) is 0. The Balaban J connectivity index is 2.14. The second kappa shape index (κ2) is 5.95. The van der Waals surface area contributed by atoms with Crippen molar-refractivity contribution in [2.45, 2.75) is 13.8 Å². The number of ether oxygens (including phenoxy) is 1. The summed E-state index contributed by atoms with van der Waals surface area (Å²) in [6.45, 7) is 4.96. The predicted molar refractivity (Wildman–Crippen MR) is 79.5 cm³/mol. The van der Waals surface area contributed by atoms with E-state index >= 15 is 0 Å². The van der Waals surface area contributed by atoms with Gasteiger partial charge in [-0.15, -0.1) is 0 Å². The fourth-order valence-corrected chi connectivity index (χ4v) is 2.88. The lowest BCUT2D eigenvalue weighted by atomic mass is 9.99. The molecule has 5 heteroatoms. The van der Waals surface area contributed by atoms with Gasteiger partial charge in [0, 0.05) is 23.1 Å². The molecule has 0 aliphatic carbocycles. The molecular formula is C15H18BrNO3. The first-order valence-corrected chi connectivity index (χ1v) is 7.36. The monoisotopic (exact) mass is 339 g/mol. The molecule has 2 atom stereocenters. The molecule has 0 radical (unpaired) electrons. The Morgan fingerprint density at radius 1 is 1.35 bits per heavy atom. The van der Waals surface area contributed by atoms with Crippen LogP contribution >= 0.6 is 15.9 Å². The Bertz CT molecular complexity index is 544. The number of aryl methyl sites for hydroxylation is 1. The van der Waals surface area contributed by atoms with Crippen LogP contribution in [0, 0.1) is 18.8 Å². The molecule has 0 N–H and O–H groups in total. The number of likely N-dealkylation sites (tertiary alicyclic amines) is 1. The van der Waals surface area contributed by atoms with Gasteiger partial charge in [-0.3, -0.25) is 9.59 Å². The van der Waals surface area contributed by atoms with E-state index in [9.17, 15) is 9.59 Å². The molecule has 1 aliphatic rings. The highest BCUT2D eigenvalue weighted by molar-refractivity contribution is 9.10. The Labute approximate surface area is 127 Å². The van der Waals surface area contributed by atoms with Gasteiger partial charge in [-0.1, -0.05) is 28.9 Å². The van der Waals surface area contributed by atoms with Crippen LogP contribution in [0.1, 0.15) is 22.8 Å². The van der Waals surface area contributed by atoms with Gasteiger partial charge in [0.05, 0.1) is 13.0 Å². The number of halogens is 1. The van der Waals surface area contributed by atoms with Gasteiger partial charge < -0.3 is 9.64 Å². The Morgan fingerprint density at radius 3 is 2.65 bits per heavy atom. The third-order valence-electron chi connectivity index (χ3n) is 3.82. The average molecular weight is 340 g/mol. The Kier molecular flexibility index (Phi) is 4.48. The molecule has 1 saturated heterocycles. The van der Waals surface area contributed by atoms with Gasteiger partial charge in [0.2, 0.25) is 0 Å². The summed E-state index contributed by atoms with van der Waals surface area (Å²) in [6, 6.07) is 5.56. The van der Waals surface area contributed by atoms with E-state index in [1.165, 1.54) is 7.11 Å². The highest BCUT2D eigenvalue weighted by atomic mass is 79.9. The van der Waals surface area contributed by atoms with Gasteiger partial charge in [0.25, 0.3) is 5.91 Å². The summed E-state index contributed by atoms with van der Waals surface area (Å²) in [5, 5.41) is 0. The minimum atomic E-state index is -0.238. The molecule has 1 fully saturated rings. The Hall–Kier alpha value is -1.36. The molecule has 20 heavy (non-hydrogen) atoms. The van der Waals surface area contributed by atoms with Crippen molar-refractivity contribution in [1.82, 2.24) is 4.90 Å². The van der Waals surface area contributed by atoms with Crippen LogP contribution in [-0.4, -0.2) is 37.0 Å². The lowest BCUT2D eigenvalue weighted by Crippen LogP contribution is -2.30. The summed E-state index contributed by atoms with van der Waals surface area (Å²) in [6.07, 6.45) is 0. The maximum Gasteiger partial charge on any atom is 0.310 e. The van der Waals surface area contributed by atoms with E-state index in [4.69, 9.17) is 4.74 Å². The van der Waals surface area contributed by atoms with Gasteiger partial charge in [-0.25, -0.2) is 0 Å².